The Labute approximate surface area is 107 Å². The molecule has 0 aromatic rings. The van der Waals surface area contributed by atoms with Gasteiger partial charge in [0.2, 0.25) is 0 Å². The van der Waals surface area contributed by atoms with Gasteiger partial charge in [-0.3, -0.25) is 0 Å². The van der Waals surface area contributed by atoms with Crippen molar-refractivity contribution in [1.82, 2.24) is 0 Å². The number of esters is 1. The number of carbonyl (C=O) groups is 1. The van der Waals surface area contributed by atoms with E-state index in [2.05, 4.69) is 19.6 Å². The van der Waals surface area contributed by atoms with Gasteiger partial charge in [-0.05, 0) is 0 Å². The molecule has 1 aliphatic rings. The van der Waals surface area contributed by atoms with Gasteiger partial charge >= 0.3 is 107 Å². The van der Waals surface area contributed by atoms with Crippen LogP contribution in [0.2, 0.25) is 3.93 Å². The molecule has 1 atom stereocenters. The molecule has 0 amide bonds. The van der Waals surface area contributed by atoms with Crippen LogP contribution in [0.1, 0.15) is 26.2 Å². The Kier molecular flexibility index (Phi) is 5.34. The second-order valence-corrected chi connectivity index (χ2v) is 10.7. The predicted octanol–water partition coefficient (Wildman–Crippen LogP) is 3.24. The van der Waals surface area contributed by atoms with Crippen LogP contribution in [-0.4, -0.2) is 11.6 Å². The molecular weight excluding hydrogens is 400 g/mol. The van der Waals surface area contributed by atoms with E-state index < -0.39 is 28.9 Å². The van der Waals surface area contributed by atoms with Crippen molar-refractivity contribution >= 4 is 14.2 Å². The predicted molar refractivity (Wildman–Crippen MR) is 57.3 cm³/mol. The molecular formula is C11H15ClHgO2. The molecule has 0 bridgehead atoms. The van der Waals surface area contributed by atoms with Crippen molar-refractivity contribution in [2.75, 3.05) is 0 Å². The van der Waals surface area contributed by atoms with Crippen LogP contribution in [0.5, 0.6) is 0 Å². The van der Waals surface area contributed by atoms with Crippen LogP contribution in [0.25, 0.3) is 0 Å². The topological polar surface area (TPSA) is 26.3 Å². The molecule has 0 saturated heterocycles. The average Bonchev–Trinajstić information content (AvgIpc) is 2.22. The molecule has 1 aliphatic carbocycles. The zero-order chi connectivity index (χ0) is 11.3. The summed E-state index contributed by atoms with van der Waals surface area (Å²) >= 11 is -1.43. The maximum atomic E-state index is 11.4. The summed E-state index contributed by atoms with van der Waals surface area (Å²) in [7, 11) is 5.71. The van der Waals surface area contributed by atoms with Crippen molar-refractivity contribution in [3.8, 4) is 0 Å². The fourth-order valence-corrected chi connectivity index (χ4v) is 3.99. The van der Waals surface area contributed by atoms with Gasteiger partial charge in [-0.2, -0.15) is 0 Å². The Hall–Kier alpha value is 0.175. The van der Waals surface area contributed by atoms with Crippen molar-refractivity contribution in [2.24, 2.45) is 0 Å². The van der Waals surface area contributed by atoms with Crippen molar-refractivity contribution < 1.29 is 32.9 Å². The molecule has 1 rings (SSSR count). The Bertz CT molecular complexity index is 288. The average molecular weight is 415 g/mol. The SMILES string of the molecule is C=CC1(OC(=O)[CH2][Hg][Cl])CC=C(C)CC1. The van der Waals surface area contributed by atoms with Crippen LogP contribution in [0, 0.1) is 0 Å². The van der Waals surface area contributed by atoms with Gasteiger partial charge in [0, 0.05) is 0 Å². The third-order valence-corrected chi connectivity index (χ3v) is 6.71. The van der Waals surface area contributed by atoms with E-state index in [9.17, 15) is 4.79 Å². The van der Waals surface area contributed by atoms with E-state index in [1.807, 2.05) is 0 Å². The summed E-state index contributed by atoms with van der Waals surface area (Å²) in [5.74, 6) is -0.139. The number of hydrogen-bond donors (Lipinski definition) is 0. The van der Waals surface area contributed by atoms with Crippen LogP contribution < -0.4 is 0 Å². The summed E-state index contributed by atoms with van der Waals surface area (Å²) in [5, 5.41) is 0. The number of allylic oxidation sites excluding steroid dienone is 1. The summed E-state index contributed by atoms with van der Waals surface area (Å²) < 4.78 is 5.97. The Morgan fingerprint density at radius 1 is 1.87 bits per heavy atom. The van der Waals surface area contributed by atoms with Gasteiger partial charge in [0.05, 0.1) is 0 Å². The first-order valence-corrected chi connectivity index (χ1v) is 15.8. The Balaban J connectivity index is 2.62. The number of hydrogen-bond acceptors (Lipinski definition) is 2. The zero-order valence-corrected chi connectivity index (χ0v) is 15.3. The van der Waals surface area contributed by atoms with Crippen LogP contribution in [0.3, 0.4) is 0 Å². The number of ether oxygens (including phenoxy) is 1. The quantitative estimate of drug-likeness (QED) is 0.401. The molecule has 0 aromatic carbocycles. The second kappa shape index (κ2) is 6.05. The molecule has 0 fully saturated rings. The van der Waals surface area contributed by atoms with Crippen LogP contribution >= 0.6 is 8.25 Å². The standard InChI is InChI=1S/C11H15O2.ClH.Hg/c1-4-11(13-10(3)12)7-5-9(2)6-8-11;;/h4-5H,1,3,6-8H2,2H3;1H;/q;;+1/p-1. The zero-order valence-electron chi connectivity index (χ0n) is 9.09. The molecule has 4 heteroatoms. The number of halogens is 1. The summed E-state index contributed by atoms with van der Waals surface area (Å²) in [6.45, 7) is 5.88. The second-order valence-electron chi connectivity index (χ2n) is 3.94. The molecule has 0 heterocycles. The van der Waals surface area contributed by atoms with Gasteiger partial charge in [-0.15, -0.1) is 0 Å². The van der Waals surface area contributed by atoms with E-state index in [1.165, 1.54) is 5.57 Å². The Morgan fingerprint density at radius 2 is 2.60 bits per heavy atom. The minimum atomic E-state index is -1.43. The van der Waals surface area contributed by atoms with E-state index in [0.717, 1.165) is 19.3 Å². The molecule has 80 valence electrons. The van der Waals surface area contributed by atoms with Gasteiger partial charge in [0.1, 0.15) is 0 Å². The summed E-state index contributed by atoms with van der Waals surface area (Å²) in [6.07, 6.45) is 6.48. The number of carbonyl (C=O) groups excluding carboxylic acids is 1. The fourth-order valence-electron chi connectivity index (χ4n) is 1.63. The van der Waals surface area contributed by atoms with E-state index in [1.54, 1.807) is 6.08 Å². The van der Waals surface area contributed by atoms with E-state index >= 15 is 0 Å². The normalized spacial score (nSPS) is 25.1. The number of rotatable bonds is 4. The van der Waals surface area contributed by atoms with E-state index in [0.29, 0.717) is 3.93 Å². The summed E-state index contributed by atoms with van der Waals surface area (Å²) in [5.41, 5.74) is 0.900. The Morgan fingerprint density at radius 3 is 3.07 bits per heavy atom. The first kappa shape index (κ1) is 13.2. The molecule has 1 unspecified atom stereocenters. The minimum absolute atomic E-state index is 0.139. The molecule has 15 heavy (non-hydrogen) atoms. The van der Waals surface area contributed by atoms with Gasteiger partial charge in [0.15, 0.2) is 0 Å². The van der Waals surface area contributed by atoms with E-state index in [4.69, 9.17) is 13.0 Å². The van der Waals surface area contributed by atoms with Crippen molar-refractivity contribution in [2.45, 2.75) is 35.7 Å². The summed E-state index contributed by atoms with van der Waals surface area (Å²) in [6, 6.07) is 0. The first-order valence-electron chi connectivity index (χ1n) is 5.19. The molecule has 0 aromatic heterocycles. The van der Waals surface area contributed by atoms with Gasteiger partial charge in [-0.25, -0.2) is 0 Å². The molecule has 0 spiro atoms. The van der Waals surface area contributed by atoms with Gasteiger partial charge in [0.25, 0.3) is 0 Å². The van der Waals surface area contributed by atoms with Gasteiger partial charge in [-0.1, -0.05) is 0 Å². The van der Waals surface area contributed by atoms with Crippen LogP contribution in [0.15, 0.2) is 24.3 Å². The maximum absolute atomic E-state index is 11.4. The molecule has 0 radical (unpaired) electrons. The van der Waals surface area contributed by atoms with E-state index in [-0.39, 0.29) is 5.97 Å². The van der Waals surface area contributed by atoms with Crippen LogP contribution in [-0.2, 0) is 32.9 Å². The molecule has 2 nitrogen and oxygen atoms in total. The monoisotopic (exact) mass is 416 g/mol. The van der Waals surface area contributed by atoms with Crippen molar-refractivity contribution in [3.05, 3.63) is 24.3 Å². The third-order valence-electron chi connectivity index (χ3n) is 2.73. The molecule has 0 N–H and O–H groups in total. The molecule has 0 saturated carbocycles. The molecule has 0 aliphatic heterocycles. The van der Waals surface area contributed by atoms with Crippen molar-refractivity contribution in [3.63, 3.8) is 0 Å². The first-order chi connectivity index (χ1) is 7.12. The van der Waals surface area contributed by atoms with Crippen molar-refractivity contribution in [1.29, 1.82) is 0 Å². The van der Waals surface area contributed by atoms with Crippen LogP contribution in [0.4, 0.5) is 0 Å². The van der Waals surface area contributed by atoms with Gasteiger partial charge < -0.3 is 0 Å². The fraction of sp³-hybridized carbons (Fsp3) is 0.545. The summed E-state index contributed by atoms with van der Waals surface area (Å²) in [4.78, 5) is 11.4. The third kappa shape index (κ3) is 3.91.